The topological polar surface area (TPSA) is 24.3 Å². The first kappa shape index (κ1) is 21.3. The van der Waals surface area contributed by atoms with Gasteiger partial charge in [0.15, 0.2) is 0 Å². The molecule has 0 spiro atoms. The summed E-state index contributed by atoms with van der Waals surface area (Å²) in [5, 5.41) is 1.30. The van der Waals surface area contributed by atoms with Crippen LogP contribution in [0.5, 0.6) is 0 Å². The number of nitrogens with zero attached hydrogens (tertiary/aromatic N) is 4. The lowest BCUT2D eigenvalue weighted by molar-refractivity contribution is 0.117. The van der Waals surface area contributed by atoms with Crippen LogP contribution >= 0.6 is 0 Å². The minimum Gasteiger partial charge on any atom is -0.351 e. The number of aryl methyl sites for hydroxylation is 3. The highest BCUT2D eigenvalue weighted by molar-refractivity contribution is 5.82. The number of hydrogen-bond acceptors (Lipinski definition) is 3. The Morgan fingerprint density at radius 1 is 0.912 bits per heavy atom. The van der Waals surface area contributed by atoms with E-state index in [1.54, 1.807) is 0 Å². The number of rotatable bonds is 4. The van der Waals surface area contributed by atoms with E-state index >= 15 is 0 Å². The highest BCUT2D eigenvalue weighted by Crippen LogP contribution is 2.36. The molecule has 1 saturated heterocycles. The molecule has 0 bridgehead atoms. The molecule has 0 saturated carbocycles. The minimum absolute atomic E-state index is 0.317. The average Bonchev–Trinajstić information content (AvgIpc) is 3.16. The van der Waals surface area contributed by atoms with Gasteiger partial charge in [0.2, 0.25) is 0 Å². The predicted molar refractivity (Wildman–Crippen MR) is 140 cm³/mol. The molecule has 4 nitrogen and oxygen atoms in total. The fraction of sp³-hybridized carbons (Fsp3) is 0.300. The predicted octanol–water partition coefficient (Wildman–Crippen LogP) is 5.09. The molecule has 0 radical (unpaired) electrons. The van der Waals surface area contributed by atoms with Crippen molar-refractivity contribution in [2.45, 2.75) is 18.9 Å². The van der Waals surface area contributed by atoms with E-state index < -0.39 is 0 Å². The molecular weight excluding hydrogens is 416 g/mol. The van der Waals surface area contributed by atoms with Gasteiger partial charge in [0.25, 0.3) is 0 Å². The second-order valence-electron chi connectivity index (χ2n) is 9.62. The van der Waals surface area contributed by atoms with Crippen LogP contribution in [0.3, 0.4) is 0 Å². The Labute approximate surface area is 202 Å². The first-order valence-corrected chi connectivity index (χ1v) is 12.5. The summed E-state index contributed by atoms with van der Waals surface area (Å²) >= 11 is 0. The van der Waals surface area contributed by atoms with Gasteiger partial charge in [0.1, 0.15) is 0 Å². The van der Waals surface area contributed by atoms with Crippen LogP contribution in [0.4, 0.5) is 0 Å². The zero-order valence-electron chi connectivity index (χ0n) is 19.9. The van der Waals surface area contributed by atoms with Crippen molar-refractivity contribution in [2.75, 3.05) is 32.7 Å². The van der Waals surface area contributed by atoms with Crippen LogP contribution in [0.15, 0.2) is 79.1 Å². The largest absolute Gasteiger partial charge is 0.351 e. The van der Waals surface area contributed by atoms with E-state index in [4.69, 9.17) is 4.98 Å². The summed E-state index contributed by atoms with van der Waals surface area (Å²) in [7, 11) is 2.11. The van der Waals surface area contributed by atoms with Gasteiger partial charge in [0, 0.05) is 63.4 Å². The molecule has 3 heterocycles. The summed E-state index contributed by atoms with van der Waals surface area (Å²) < 4.78 is 2.19. The summed E-state index contributed by atoms with van der Waals surface area (Å²) in [6, 6.07) is 22.6. The number of benzene rings is 2. The minimum atomic E-state index is 0.317. The third-order valence-electron chi connectivity index (χ3n) is 7.56. The van der Waals surface area contributed by atoms with Crippen LogP contribution in [-0.2, 0) is 19.9 Å². The van der Waals surface area contributed by atoms with E-state index in [1.807, 2.05) is 6.20 Å². The van der Waals surface area contributed by atoms with Gasteiger partial charge in [-0.3, -0.25) is 14.8 Å². The molecule has 1 fully saturated rings. The molecule has 4 heteroatoms. The van der Waals surface area contributed by atoms with Crippen molar-refractivity contribution in [3.8, 4) is 0 Å². The summed E-state index contributed by atoms with van der Waals surface area (Å²) in [5.41, 5.74) is 8.17. The molecule has 6 rings (SSSR count). The summed E-state index contributed by atoms with van der Waals surface area (Å²) in [5.74, 6) is 0. The Morgan fingerprint density at radius 2 is 1.76 bits per heavy atom. The normalized spacial score (nSPS) is 19.3. The van der Waals surface area contributed by atoms with Crippen LogP contribution < -0.4 is 0 Å². The van der Waals surface area contributed by atoms with Gasteiger partial charge in [-0.15, -0.1) is 0 Å². The maximum Gasteiger partial charge on any atom is 0.0623 e. The van der Waals surface area contributed by atoms with E-state index in [9.17, 15) is 0 Å². The van der Waals surface area contributed by atoms with Crippen molar-refractivity contribution >= 4 is 17.0 Å². The van der Waals surface area contributed by atoms with Gasteiger partial charge in [-0.25, -0.2) is 0 Å². The maximum atomic E-state index is 4.76. The lowest BCUT2D eigenvalue weighted by Gasteiger charge is -2.40. The van der Waals surface area contributed by atoms with Crippen molar-refractivity contribution in [2.24, 2.45) is 7.05 Å². The van der Waals surface area contributed by atoms with E-state index in [1.165, 1.54) is 38.9 Å². The zero-order chi connectivity index (χ0) is 22.9. The van der Waals surface area contributed by atoms with Crippen LogP contribution in [0, 0.1) is 0 Å². The van der Waals surface area contributed by atoms with Gasteiger partial charge in [0.05, 0.1) is 6.04 Å². The van der Waals surface area contributed by atoms with Gasteiger partial charge in [-0.05, 0) is 58.7 Å². The maximum absolute atomic E-state index is 4.76. The first-order chi connectivity index (χ1) is 16.8. The molecule has 4 aromatic rings. The summed E-state index contributed by atoms with van der Waals surface area (Å²) in [6.45, 7) is 5.34. The number of aromatic nitrogens is 2. The number of fused-ring (bicyclic) bond motifs is 3. The smallest absolute Gasteiger partial charge is 0.0623 e. The molecule has 34 heavy (non-hydrogen) atoms. The van der Waals surface area contributed by atoms with Crippen LogP contribution in [0.25, 0.3) is 17.0 Å². The summed E-state index contributed by atoms with van der Waals surface area (Å²) in [6.07, 6.45) is 10.8. The Hall–Kier alpha value is -3.21. The zero-order valence-corrected chi connectivity index (χ0v) is 19.9. The fourth-order valence-electron chi connectivity index (χ4n) is 5.68. The summed E-state index contributed by atoms with van der Waals surface area (Å²) in [4.78, 5) is 10.0. The standard InChI is InChI=1S/C30H32N4/c1-32-17-14-25-11-10-23(22-29(25)32)6-5-16-33-18-20-34(21-19-33)30-26-8-3-2-7-24(26)12-13-28-27(30)9-4-15-31-28/h2-11,14-15,17,22,30H,12-13,16,18-21H2,1H3/b6-5+. The van der Waals surface area contributed by atoms with Crippen LogP contribution in [-0.4, -0.2) is 52.1 Å². The molecule has 2 aromatic carbocycles. The Morgan fingerprint density at radius 3 is 2.68 bits per heavy atom. The molecular formula is C30H32N4. The third-order valence-corrected chi connectivity index (χ3v) is 7.56. The van der Waals surface area contributed by atoms with Crippen molar-refractivity contribution in [1.82, 2.24) is 19.4 Å². The van der Waals surface area contributed by atoms with Gasteiger partial charge >= 0.3 is 0 Å². The van der Waals surface area contributed by atoms with Crippen molar-refractivity contribution in [3.05, 3.63) is 107 Å². The average molecular weight is 449 g/mol. The highest BCUT2D eigenvalue weighted by atomic mass is 15.3. The van der Waals surface area contributed by atoms with Crippen molar-refractivity contribution in [3.63, 3.8) is 0 Å². The molecule has 0 N–H and O–H groups in total. The van der Waals surface area contributed by atoms with Gasteiger partial charge in [-0.1, -0.05) is 54.6 Å². The molecule has 1 aliphatic carbocycles. The number of pyridine rings is 1. The second kappa shape index (κ2) is 9.21. The fourth-order valence-corrected chi connectivity index (χ4v) is 5.68. The lowest BCUT2D eigenvalue weighted by Crippen LogP contribution is -2.47. The molecule has 172 valence electrons. The molecule has 1 atom stereocenters. The van der Waals surface area contributed by atoms with Gasteiger partial charge in [-0.2, -0.15) is 0 Å². The molecule has 2 aliphatic rings. The molecule has 2 aromatic heterocycles. The van der Waals surface area contributed by atoms with E-state index in [2.05, 4.69) is 100 Å². The van der Waals surface area contributed by atoms with E-state index in [0.29, 0.717) is 6.04 Å². The van der Waals surface area contributed by atoms with Gasteiger partial charge < -0.3 is 4.57 Å². The number of hydrogen-bond donors (Lipinski definition) is 0. The van der Waals surface area contributed by atoms with Crippen LogP contribution in [0.1, 0.15) is 34.0 Å². The SMILES string of the molecule is Cn1ccc2ccc(/C=C/CN3CCN(C4c5ccccc5CCc5ncccc54)CC3)cc21. The van der Waals surface area contributed by atoms with Crippen molar-refractivity contribution < 1.29 is 0 Å². The third kappa shape index (κ3) is 4.08. The monoisotopic (exact) mass is 448 g/mol. The first-order valence-electron chi connectivity index (χ1n) is 12.5. The highest BCUT2D eigenvalue weighted by Gasteiger charge is 2.31. The molecule has 1 aliphatic heterocycles. The van der Waals surface area contributed by atoms with Crippen LogP contribution in [0.2, 0.25) is 0 Å². The Balaban J connectivity index is 1.15. The lowest BCUT2D eigenvalue weighted by atomic mass is 9.94. The second-order valence-corrected chi connectivity index (χ2v) is 9.62. The molecule has 0 amide bonds. The quantitative estimate of drug-likeness (QED) is 0.435. The Bertz CT molecular complexity index is 1280. The van der Waals surface area contributed by atoms with E-state index in [0.717, 1.165) is 45.6 Å². The van der Waals surface area contributed by atoms with E-state index in [-0.39, 0.29) is 0 Å². The van der Waals surface area contributed by atoms with Crippen molar-refractivity contribution in [1.29, 1.82) is 0 Å². The molecule has 1 unspecified atom stereocenters. The Kier molecular flexibility index (Phi) is 5.78. The number of piperazine rings is 1.